The fourth-order valence-electron chi connectivity index (χ4n) is 0.823. The topological polar surface area (TPSA) is 0 Å². The first kappa shape index (κ1) is 11.2. The Hall–Kier alpha value is -0.780. The molecule has 0 rings (SSSR count). The normalized spacial score (nSPS) is 11.9. The van der Waals surface area contributed by atoms with E-state index in [4.69, 9.17) is 0 Å². The Labute approximate surface area is 76.7 Å². The third-order valence-electron chi connectivity index (χ3n) is 1.66. The van der Waals surface area contributed by atoms with Crippen molar-refractivity contribution < 1.29 is 0 Å². The molecule has 0 atom stereocenters. The highest BCUT2D eigenvalue weighted by molar-refractivity contribution is 5.18. The average molecular weight is 164 g/mol. The van der Waals surface area contributed by atoms with Crippen LogP contribution in [0.4, 0.5) is 0 Å². The van der Waals surface area contributed by atoms with Crippen LogP contribution in [0.15, 0.2) is 37.0 Å². The lowest BCUT2D eigenvalue weighted by Gasteiger charge is -2.17. The summed E-state index contributed by atoms with van der Waals surface area (Å²) < 4.78 is 0. The molecule has 0 radical (unpaired) electrons. The third-order valence-corrected chi connectivity index (χ3v) is 1.66. The summed E-state index contributed by atoms with van der Waals surface area (Å²) in [5.74, 6) is 0. The van der Waals surface area contributed by atoms with Gasteiger partial charge in [-0.1, -0.05) is 57.7 Å². The van der Waals surface area contributed by atoms with E-state index >= 15 is 0 Å². The van der Waals surface area contributed by atoms with Gasteiger partial charge in [-0.25, -0.2) is 0 Å². The van der Waals surface area contributed by atoms with E-state index in [1.54, 1.807) is 6.08 Å². The van der Waals surface area contributed by atoms with Gasteiger partial charge in [-0.3, -0.25) is 0 Å². The van der Waals surface area contributed by atoms with Gasteiger partial charge in [0.1, 0.15) is 0 Å². The zero-order valence-corrected chi connectivity index (χ0v) is 8.56. The van der Waals surface area contributed by atoms with E-state index in [1.165, 1.54) is 12.0 Å². The lowest BCUT2D eigenvalue weighted by Crippen LogP contribution is -2.04. The van der Waals surface area contributed by atoms with Crippen LogP contribution in [0.25, 0.3) is 0 Å². The summed E-state index contributed by atoms with van der Waals surface area (Å²) in [4.78, 5) is 0. The second kappa shape index (κ2) is 4.97. The van der Waals surface area contributed by atoms with Gasteiger partial charge in [0.2, 0.25) is 0 Å². The zero-order chi connectivity index (χ0) is 9.61. The van der Waals surface area contributed by atoms with Crippen LogP contribution in [0.5, 0.6) is 0 Å². The van der Waals surface area contributed by atoms with Crippen molar-refractivity contribution in [2.45, 2.75) is 33.6 Å². The van der Waals surface area contributed by atoms with Crippen molar-refractivity contribution in [2.75, 3.05) is 0 Å². The van der Waals surface area contributed by atoms with Gasteiger partial charge in [0, 0.05) is 0 Å². The smallest absolute Gasteiger partial charge is 0.0280 e. The largest absolute Gasteiger partial charge is 0.0991 e. The van der Waals surface area contributed by atoms with Crippen LogP contribution in [0.1, 0.15) is 33.6 Å². The van der Waals surface area contributed by atoms with Crippen molar-refractivity contribution in [3.05, 3.63) is 37.0 Å². The molecule has 68 valence electrons. The molecule has 0 unspecified atom stereocenters. The lowest BCUT2D eigenvalue weighted by atomic mass is 9.89. The molecule has 0 fully saturated rings. The minimum atomic E-state index is 0.408. The van der Waals surface area contributed by atoms with Crippen LogP contribution in [0.3, 0.4) is 0 Å². The number of hydrogen-bond acceptors (Lipinski definition) is 0. The van der Waals surface area contributed by atoms with Crippen LogP contribution in [0, 0.1) is 5.41 Å². The Morgan fingerprint density at radius 1 is 1.33 bits per heavy atom. The predicted octanol–water partition coefficient (Wildman–Crippen LogP) is 4.11. The Morgan fingerprint density at radius 3 is 2.33 bits per heavy atom. The molecule has 0 N–H and O–H groups in total. The molecule has 0 nitrogen and oxygen atoms in total. The molecule has 0 saturated heterocycles. The van der Waals surface area contributed by atoms with Gasteiger partial charge >= 0.3 is 0 Å². The summed E-state index contributed by atoms with van der Waals surface area (Å²) in [6, 6.07) is 0. The van der Waals surface area contributed by atoms with Crippen molar-refractivity contribution in [2.24, 2.45) is 5.41 Å². The summed E-state index contributed by atoms with van der Waals surface area (Å²) in [5.41, 5.74) is 1.59. The van der Waals surface area contributed by atoms with Crippen molar-refractivity contribution in [1.82, 2.24) is 0 Å². The average Bonchev–Trinajstić information content (AvgIpc) is 1.95. The maximum absolute atomic E-state index is 3.96. The van der Waals surface area contributed by atoms with E-state index in [2.05, 4.69) is 33.9 Å². The molecule has 0 aliphatic rings. The molecule has 12 heavy (non-hydrogen) atoms. The Bertz CT molecular complexity index is 177. The molecule has 0 aromatic heterocycles. The van der Waals surface area contributed by atoms with Crippen LogP contribution >= 0.6 is 0 Å². The van der Waals surface area contributed by atoms with Crippen molar-refractivity contribution in [3.63, 3.8) is 0 Å². The van der Waals surface area contributed by atoms with Crippen molar-refractivity contribution >= 4 is 0 Å². The lowest BCUT2D eigenvalue weighted by molar-refractivity contribution is 0.379. The molecule has 0 aromatic carbocycles. The molecule has 0 aromatic rings. The van der Waals surface area contributed by atoms with Gasteiger partial charge < -0.3 is 0 Å². The van der Waals surface area contributed by atoms with Gasteiger partial charge in [-0.05, 0) is 18.3 Å². The highest BCUT2D eigenvalue weighted by Crippen LogP contribution is 2.23. The number of allylic oxidation sites excluding steroid dienone is 4. The van der Waals surface area contributed by atoms with Crippen LogP contribution in [0.2, 0.25) is 0 Å². The molecular weight excluding hydrogens is 144 g/mol. The highest BCUT2D eigenvalue weighted by atomic mass is 14.1. The minimum Gasteiger partial charge on any atom is -0.0991 e. The fraction of sp³-hybridized carbons (Fsp3) is 0.500. The first-order valence-corrected chi connectivity index (χ1v) is 4.42. The minimum absolute atomic E-state index is 0.408. The molecule has 0 heterocycles. The molecule has 0 saturated carbocycles. The molecule has 0 heteroatoms. The Balaban J connectivity index is 3.72. The SMILES string of the molecule is C=C/C=C\C(=C)CCC(C)(C)C. The van der Waals surface area contributed by atoms with E-state index in [-0.39, 0.29) is 0 Å². The van der Waals surface area contributed by atoms with Gasteiger partial charge in [0.25, 0.3) is 0 Å². The number of hydrogen-bond donors (Lipinski definition) is 0. The van der Waals surface area contributed by atoms with E-state index in [1.807, 2.05) is 12.2 Å². The van der Waals surface area contributed by atoms with E-state index < -0.39 is 0 Å². The summed E-state index contributed by atoms with van der Waals surface area (Å²) in [5, 5.41) is 0. The fourth-order valence-corrected chi connectivity index (χ4v) is 0.823. The first-order chi connectivity index (χ1) is 5.45. The van der Waals surface area contributed by atoms with Crippen molar-refractivity contribution in [3.8, 4) is 0 Å². The second-order valence-corrected chi connectivity index (χ2v) is 4.31. The molecule has 0 aliphatic carbocycles. The summed E-state index contributed by atoms with van der Waals surface area (Å²) in [7, 11) is 0. The van der Waals surface area contributed by atoms with Crippen LogP contribution in [-0.4, -0.2) is 0 Å². The highest BCUT2D eigenvalue weighted by Gasteiger charge is 2.08. The molecule has 0 bridgehead atoms. The standard InChI is InChI=1S/C12H20/c1-6-7-8-11(2)9-10-12(3,4)5/h6-8H,1-2,9-10H2,3-5H3/b8-7-. The second-order valence-electron chi connectivity index (χ2n) is 4.31. The number of rotatable bonds is 4. The van der Waals surface area contributed by atoms with Gasteiger partial charge in [-0.15, -0.1) is 0 Å². The Morgan fingerprint density at radius 2 is 1.92 bits per heavy atom. The van der Waals surface area contributed by atoms with Gasteiger partial charge in [-0.2, -0.15) is 0 Å². The monoisotopic (exact) mass is 164 g/mol. The third kappa shape index (κ3) is 7.33. The van der Waals surface area contributed by atoms with Crippen LogP contribution < -0.4 is 0 Å². The zero-order valence-electron chi connectivity index (χ0n) is 8.56. The maximum Gasteiger partial charge on any atom is -0.0280 e. The van der Waals surface area contributed by atoms with E-state index in [0.29, 0.717) is 5.41 Å². The van der Waals surface area contributed by atoms with Gasteiger partial charge in [0.15, 0.2) is 0 Å². The maximum atomic E-state index is 3.96. The molecule has 0 amide bonds. The quantitative estimate of drug-likeness (QED) is 0.548. The molecular formula is C12H20. The molecule has 0 spiro atoms. The summed E-state index contributed by atoms with van der Waals surface area (Å²) >= 11 is 0. The predicted molar refractivity (Wildman–Crippen MR) is 57.2 cm³/mol. The van der Waals surface area contributed by atoms with Crippen LogP contribution in [-0.2, 0) is 0 Å². The summed E-state index contributed by atoms with van der Waals surface area (Å²) in [6.45, 7) is 14.3. The first-order valence-electron chi connectivity index (χ1n) is 4.42. The van der Waals surface area contributed by atoms with Gasteiger partial charge in [0.05, 0.1) is 0 Å². The van der Waals surface area contributed by atoms with E-state index in [9.17, 15) is 0 Å². The summed E-state index contributed by atoms with van der Waals surface area (Å²) in [6.07, 6.45) is 8.01. The molecule has 0 aliphatic heterocycles. The Kier molecular flexibility index (Phi) is 4.65. The van der Waals surface area contributed by atoms with Crippen molar-refractivity contribution in [1.29, 1.82) is 0 Å². The van der Waals surface area contributed by atoms with E-state index in [0.717, 1.165) is 6.42 Å².